The van der Waals surface area contributed by atoms with Gasteiger partial charge < -0.3 is 10.1 Å². The maximum absolute atomic E-state index is 5.83. The molecule has 0 radical (unpaired) electrons. The molecule has 0 amide bonds. The third kappa shape index (κ3) is 5.56. The van der Waals surface area contributed by atoms with Gasteiger partial charge in [-0.05, 0) is 33.7 Å². The average molecular weight is 173 g/mol. The molecule has 1 N–H and O–H groups in total. The Morgan fingerprint density at radius 3 is 2.33 bits per heavy atom. The number of hydrogen-bond acceptors (Lipinski definition) is 2. The second kappa shape index (κ2) is 5.55. The first-order valence-corrected chi connectivity index (χ1v) is 4.90. The zero-order chi connectivity index (χ0) is 9.61. The van der Waals surface area contributed by atoms with E-state index in [-0.39, 0.29) is 5.60 Å². The minimum absolute atomic E-state index is 0.0363. The van der Waals surface area contributed by atoms with E-state index in [1.165, 1.54) is 0 Å². The molecule has 12 heavy (non-hydrogen) atoms. The van der Waals surface area contributed by atoms with Crippen molar-refractivity contribution in [2.24, 2.45) is 0 Å². The highest BCUT2D eigenvalue weighted by Crippen LogP contribution is 2.12. The molecular weight excluding hydrogens is 150 g/mol. The molecule has 0 saturated carbocycles. The molecule has 0 aliphatic heterocycles. The molecule has 0 aromatic carbocycles. The summed E-state index contributed by atoms with van der Waals surface area (Å²) in [5.74, 6) is 0. The number of likely N-dealkylation sites (N-methyl/N-ethyl adjacent to an activating group) is 1. The second-order valence-electron chi connectivity index (χ2n) is 3.88. The van der Waals surface area contributed by atoms with Gasteiger partial charge in [-0.15, -0.1) is 0 Å². The summed E-state index contributed by atoms with van der Waals surface area (Å²) in [6, 6.07) is 0. The molecule has 0 fully saturated rings. The molecule has 2 heteroatoms. The van der Waals surface area contributed by atoms with Crippen LogP contribution in [0.3, 0.4) is 0 Å². The number of nitrogens with one attached hydrogen (secondary N) is 1. The van der Waals surface area contributed by atoms with Crippen LogP contribution < -0.4 is 5.32 Å². The van der Waals surface area contributed by atoms with E-state index in [4.69, 9.17) is 4.74 Å². The fraction of sp³-hybridized carbons (Fsp3) is 1.00. The van der Waals surface area contributed by atoms with Gasteiger partial charge in [0.1, 0.15) is 0 Å². The van der Waals surface area contributed by atoms with Crippen LogP contribution in [0.5, 0.6) is 0 Å². The molecule has 74 valence electrons. The van der Waals surface area contributed by atoms with E-state index < -0.39 is 0 Å². The lowest BCUT2D eigenvalue weighted by Gasteiger charge is -2.29. The lowest BCUT2D eigenvalue weighted by Crippen LogP contribution is -2.39. The van der Waals surface area contributed by atoms with E-state index in [0.717, 1.165) is 19.5 Å². The Morgan fingerprint density at radius 1 is 1.33 bits per heavy atom. The highest BCUT2D eigenvalue weighted by atomic mass is 16.5. The molecule has 0 spiro atoms. The van der Waals surface area contributed by atoms with Crippen molar-refractivity contribution in [3.05, 3.63) is 0 Å². The molecule has 0 aromatic rings. The Bertz CT molecular complexity index is 112. The second-order valence-corrected chi connectivity index (χ2v) is 3.88. The third-order valence-electron chi connectivity index (χ3n) is 1.90. The average Bonchev–Trinajstić information content (AvgIpc) is 2.00. The normalized spacial score (nSPS) is 14.8. The summed E-state index contributed by atoms with van der Waals surface area (Å²) in [7, 11) is 0. The van der Waals surface area contributed by atoms with Gasteiger partial charge in [0, 0.05) is 6.54 Å². The number of rotatable bonds is 6. The molecule has 0 bridgehead atoms. The van der Waals surface area contributed by atoms with Gasteiger partial charge in [0.05, 0.1) is 11.7 Å². The zero-order valence-electron chi connectivity index (χ0n) is 9.11. The van der Waals surface area contributed by atoms with E-state index in [0.29, 0.717) is 6.10 Å². The molecule has 0 aliphatic carbocycles. The Morgan fingerprint density at radius 2 is 1.92 bits per heavy atom. The highest BCUT2D eigenvalue weighted by molar-refractivity contribution is 4.72. The fourth-order valence-electron chi connectivity index (χ4n) is 1.10. The zero-order valence-corrected chi connectivity index (χ0v) is 9.11. The molecule has 0 heterocycles. The number of hydrogen-bond donors (Lipinski definition) is 1. The highest BCUT2D eigenvalue weighted by Gasteiger charge is 2.19. The van der Waals surface area contributed by atoms with Gasteiger partial charge in [-0.2, -0.15) is 0 Å². The molecule has 0 rings (SSSR count). The summed E-state index contributed by atoms with van der Waals surface area (Å²) in [6.07, 6.45) is 1.44. The van der Waals surface area contributed by atoms with Crippen LogP contribution in [0.2, 0.25) is 0 Å². The third-order valence-corrected chi connectivity index (χ3v) is 1.90. The summed E-state index contributed by atoms with van der Waals surface area (Å²) in [4.78, 5) is 0. The van der Waals surface area contributed by atoms with E-state index in [1.807, 2.05) is 0 Å². The lowest BCUT2D eigenvalue weighted by molar-refractivity contribution is -0.0625. The van der Waals surface area contributed by atoms with Gasteiger partial charge in [-0.1, -0.05) is 13.8 Å². The summed E-state index contributed by atoms with van der Waals surface area (Å²) in [5, 5.41) is 3.29. The quantitative estimate of drug-likeness (QED) is 0.665. The molecule has 0 aliphatic rings. The standard InChI is InChI=1S/C10H23NO/c1-6-9(3)12-10(4,5)8-11-7-2/h9,11H,6-8H2,1-5H3. The van der Waals surface area contributed by atoms with Gasteiger partial charge in [-0.25, -0.2) is 0 Å². The molecule has 2 nitrogen and oxygen atoms in total. The molecule has 0 saturated heterocycles. The molecule has 0 aromatic heterocycles. The monoisotopic (exact) mass is 173 g/mol. The summed E-state index contributed by atoms with van der Waals surface area (Å²) in [5.41, 5.74) is -0.0363. The first kappa shape index (κ1) is 11.9. The Balaban J connectivity index is 3.69. The van der Waals surface area contributed by atoms with E-state index >= 15 is 0 Å². The van der Waals surface area contributed by atoms with Crippen LogP contribution in [0, 0.1) is 0 Å². The molecule has 1 atom stereocenters. The molecular formula is C10H23NO. The van der Waals surface area contributed by atoms with Crippen molar-refractivity contribution < 1.29 is 4.74 Å². The van der Waals surface area contributed by atoms with Crippen LogP contribution >= 0.6 is 0 Å². The number of ether oxygens (including phenoxy) is 1. The van der Waals surface area contributed by atoms with Gasteiger partial charge in [0.15, 0.2) is 0 Å². The van der Waals surface area contributed by atoms with Crippen molar-refractivity contribution in [1.29, 1.82) is 0 Å². The van der Waals surface area contributed by atoms with Crippen molar-refractivity contribution in [3.63, 3.8) is 0 Å². The van der Waals surface area contributed by atoms with Crippen LogP contribution in [-0.4, -0.2) is 24.8 Å². The van der Waals surface area contributed by atoms with Crippen LogP contribution in [0.1, 0.15) is 41.0 Å². The SMILES string of the molecule is CCNCC(C)(C)OC(C)CC. The summed E-state index contributed by atoms with van der Waals surface area (Å²) >= 11 is 0. The van der Waals surface area contributed by atoms with E-state index in [2.05, 4.69) is 39.9 Å². The van der Waals surface area contributed by atoms with Crippen molar-refractivity contribution in [2.75, 3.05) is 13.1 Å². The van der Waals surface area contributed by atoms with Crippen LogP contribution in [-0.2, 0) is 4.74 Å². The van der Waals surface area contributed by atoms with E-state index in [1.54, 1.807) is 0 Å². The maximum Gasteiger partial charge on any atom is 0.0753 e. The lowest BCUT2D eigenvalue weighted by atomic mass is 10.1. The predicted octanol–water partition coefficient (Wildman–Crippen LogP) is 2.19. The van der Waals surface area contributed by atoms with Crippen molar-refractivity contribution in [1.82, 2.24) is 5.32 Å². The van der Waals surface area contributed by atoms with Gasteiger partial charge in [-0.3, -0.25) is 0 Å². The van der Waals surface area contributed by atoms with Crippen molar-refractivity contribution >= 4 is 0 Å². The first-order valence-electron chi connectivity index (χ1n) is 4.90. The Hall–Kier alpha value is -0.0800. The van der Waals surface area contributed by atoms with Crippen molar-refractivity contribution in [2.45, 2.75) is 52.7 Å². The van der Waals surface area contributed by atoms with Crippen molar-refractivity contribution in [3.8, 4) is 0 Å². The summed E-state index contributed by atoms with van der Waals surface area (Å²) in [6.45, 7) is 12.6. The minimum Gasteiger partial charge on any atom is -0.371 e. The first-order chi connectivity index (χ1) is 5.52. The largest absolute Gasteiger partial charge is 0.371 e. The van der Waals surface area contributed by atoms with Crippen LogP contribution in [0.25, 0.3) is 0 Å². The maximum atomic E-state index is 5.83. The fourth-order valence-corrected chi connectivity index (χ4v) is 1.10. The summed E-state index contributed by atoms with van der Waals surface area (Å²) < 4.78 is 5.83. The van der Waals surface area contributed by atoms with Gasteiger partial charge in [0.25, 0.3) is 0 Å². The van der Waals surface area contributed by atoms with Gasteiger partial charge >= 0.3 is 0 Å². The van der Waals surface area contributed by atoms with Gasteiger partial charge in [0.2, 0.25) is 0 Å². The smallest absolute Gasteiger partial charge is 0.0753 e. The van der Waals surface area contributed by atoms with E-state index in [9.17, 15) is 0 Å². The topological polar surface area (TPSA) is 21.3 Å². The van der Waals surface area contributed by atoms with Crippen LogP contribution in [0.15, 0.2) is 0 Å². The predicted molar refractivity (Wildman–Crippen MR) is 53.5 cm³/mol. The minimum atomic E-state index is -0.0363. The van der Waals surface area contributed by atoms with Crippen LogP contribution in [0.4, 0.5) is 0 Å². The molecule has 1 unspecified atom stereocenters. The Kier molecular flexibility index (Phi) is 5.51. The Labute approximate surface area is 76.7 Å².